The summed E-state index contributed by atoms with van der Waals surface area (Å²) < 4.78 is 5.16. The first kappa shape index (κ1) is 17.3. The minimum atomic E-state index is 0.333. The number of benzene rings is 2. The lowest BCUT2D eigenvalue weighted by Gasteiger charge is -2.11. The van der Waals surface area contributed by atoms with Crippen LogP contribution in [0.25, 0.3) is 11.3 Å². The average Bonchev–Trinajstić information content (AvgIpc) is 2.69. The van der Waals surface area contributed by atoms with E-state index in [4.69, 9.17) is 4.74 Å². The summed E-state index contributed by atoms with van der Waals surface area (Å²) in [5.41, 5.74) is 6.55. The molecule has 3 aromatic rings. The minimum absolute atomic E-state index is 0.333. The highest BCUT2D eigenvalue weighted by Gasteiger charge is 2.03. The van der Waals surface area contributed by atoms with Gasteiger partial charge in [0.15, 0.2) is 0 Å². The zero-order valence-corrected chi connectivity index (χ0v) is 14.9. The first-order valence-electron chi connectivity index (χ1n) is 8.06. The van der Waals surface area contributed by atoms with Gasteiger partial charge in [-0.05, 0) is 42.0 Å². The Balaban J connectivity index is 1.68. The normalized spacial score (nSPS) is 10.7. The summed E-state index contributed by atoms with van der Waals surface area (Å²) in [6.45, 7) is 0. The predicted molar refractivity (Wildman–Crippen MR) is 104 cm³/mol. The topological polar surface area (TPSA) is 75.5 Å². The van der Waals surface area contributed by atoms with Crippen LogP contribution >= 0.6 is 0 Å². The molecule has 0 spiro atoms. The summed E-state index contributed by atoms with van der Waals surface area (Å²) >= 11 is 0. The summed E-state index contributed by atoms with van der Waals surface area (Å²) in [7, 11) is 5.64. The zero-order chi connectivity index (χ0) is 18.4. The van der Waals surface area contributed by atoms with E-state index in [1.807, 2.05) is 67.5 Å². The molecular weight excluding hydrogens is 328 g/mol. The van der Waals surface area contributed by atoms with Crippen molar-refractivity contribution < 1.29 is 4.74 Å². The minimum Gasteiger partial charge on any atom is -0.497 e. The molecule has 0 radical (unpaired) electrons. The number of nitrogens with zero attached hydrogens (tertiary/aromatic N) is 5. The van der Waals surface area contributed by atoms with Crippen LogP contribution in [0, 0.1) is 0 Å². The Morgan fingerprint density at radius 2 is 1.77 bits per heavy atom. The summed E-state index contributed by atoms with van der Waals surface area (Å²) in [5.74, 6) is 1.12. The monoisotopic (exact) mass is 348 g/mol. The summed E-state index contributed by atoms with van der Waals surface area (Å²) in [4.78, 5) is 6.47. The summed E-state index contributed by atoms with van der Waals surface area (Å²) in [5, 5.41) is 12.1. The summed E-state index contributed by atoms with van der Waals surface area (Å²) in [6.07, 6.45) is 3.32. The molecule has 1 aromatic heterocycles. The van der Waals surface area contributed by atoms with Crippen LogP contribution < -0.4 is 15.1 Å². The van der Waals surface area contributed by atoms with Crippen LogP contribution in [0.4, 0.5) is 11.6 Å². The second kappa shape index (κ2) is 8.06. The van der Waals surface area contributed by atoms with Crippen molar-refractivity contribution in [2.45, 2.75) is 0 Å². The molecule has 0 saturated carbocycles. The number of nitrogens with one attached hydrogen (secondary N) is 1. The Bertz CT molecular complexity index is 875. The van der Waals surface area contributed by atoms with Crippen LogP contribution in [-0.4, -0.2) is 42.6 Å². The Morgan fingerprint density at radius 1 is 1.04 bits per heavy atom. The number of ether oxygens (including phenoxy) is 1. The fourth-order valence-electron chi connectivity index (χ4n) is 2.27. The largest absolute Gasteiger partial charge is 0.497 e. The predicted octanol–water partition coefficient (Wildman–Crippen LogP) is 3.06. The molecule has 7 nitrogen and oxygen atoms in total. The van der Waals surface area contributed by atoms with E-state index in [0.717, 1.165) is 22.6 Å². The molecule has 0 amide bonds. The molecule has 26 heavy (non-hydrogen) atoms. The van der Waals surface area contributed by atoms with Crippen LogP contribution in [0.15, 0.2) is 59.8 Å². The molecule has 0 aliphatic rings. The molecule has 0 aliphatic carbocycles. The third-order valence-corrected chi connectivity index (χ3v) is 3.73. The number of anilines is 2. The number of hydrogen-bond donors (Lipinski definition) is 1. The Kier molecular flexibility index (Phi) is 5.38. The number of aromatic nitrogens is 3. The van der Waals surface area contributed by atoms with Crippen molar-refractivity contribution in [3.05, 3.63) is 60.3 Å². The van der Waals surface area contributed by atoms with E-state index in [1.54, 1.807) is 19.5 Å². The third-order valence-electron chi connectivity index (χ3n) is 3.73. The first-order valence-corrected chi connectivity index (χ1v) is 8.06. The van der Waals surface area contributed by atoms with Gasteiger partial charge in [0.05, 0.1) is 25.2 Å². The van der Waals surface area contributed by atoms with Crippen molar-refractivity contribution >= 4 is 17.9 Å². The van der Waals surface area contributed by atoms with Gasteiger partial charge in [0.25, 0.3) is 5.95 Å². The van der Waals surface area contributed by atoms with E-state index in [9.17, 15) is 0 Å². The number of hydrogen-bond acceptors (Lipinski definition) is 7. The number of hydrazone groups is 1. The fraction of sp³-hybridized carbons (Fsp3) is 0.158. The summed E-state index contributed by atoms with van der Waals surface area (Å²) in [6, 6.07) is 15.6. The second-order valence-electron chi connectivity index (χ2n) is 5.75. The Morgan fingerprint density at radius 3 is 2.42 bits per heavy atom. The molecular formula is C19H20N6O. The molecule has 7 heteroatoms. The molecule has 1 N–H and O–H groups in total. The van der Waals surface area contributed by atoms with E-state index in [-0.39, 0.29) is 0 Å². The van der Waals surface area contributed by atoms with Crippen molar-refractivity contribution in [1.82, 2.24) is 15.2 Å². The molecule has 3 rings (SSSR count). The first-order chi connectivity index (χ1) is 12.7. The maximum Gasteiger partial charge on any atom is 0.263 e. The SMILES string of the molecule is COc1ccc(-c2cnnc(NN=Cc3ccc(N(C)C)cc3)n2)cc1. The van der Waals surface area contributed by atoms with Crippen LogP contribution in [0.1, 0.15) is 5.56 Å². The van der Waals surface area contributed by atoms with E-state index in [0.29, 0.717) is 11.6 Å². The van der Waals surface area contributed by atoms with Crippen molar-refractivity contribution in [2.75, 3.05) is 31.5 Å². The maximum absolute atomic E-state index is 5.16. The van der Waals surface area contributed by atoms with Gasteiger partial charge < -0.3 is 9.64 Å². The Labute approximate surface area is 152 Å². The van der Waals surface area contributed by atoms with Crippen molar-refractivity contribution in [1.29, 1.82) is 0 Å². The number of methoxy groups -OCH3 is 1. The van der Waals surface area contributed by atoms with Crippen LogP contribution in [0.5, 0.6) is 5.75 Å². The lowest BCUT2D eigenvalue weighted by atomic mass is 10.1. The van der Waals surface area contributed by atoms with E-state index < -0.39 is 0 Å². The standard InChI is InChI=1S/C19H20N6O/c1-25(2)16-8-4-14(5-9-16)12-20-23-19-22-18(13-21-24-19)15-6-10-17(26-3)11-7-15/h4-13H,1-3H3,(H,22,23,24). The van der Waals surface area contributed by atoms with Crippen LogP contribution in [-0.2, 0) is 0 Å². The molecule has 0 unspecified atom stereocenters. The Hall–Kier alpha value is -3.48. The van der Waals surface area contributed by atoms with Gasteiger partial charge in [0.1, 0.15) is 5.75 Å². The highest BCUT2D eigenvalue weighted by molar-refractivity contribution is 5.80. The number of rotatable bonds is 6. The lowest BCUT2D eigenvalue weighted by molar-refractivity contribution is 0.415. The molecule has 0 atom stereocenters. The highest BCUT2D eigenvalue weighted by Crippen LogP contribution is 2.20. The van der Waals surface area contributed by atoms with Gasteiger partial charge in [-0.25, -0.2) is 10.4 Å². The van der Waals surface area contributed by atoms with Gasteiger partial charge in [-0.15, -0.1) is 5.10 Å². The van der Waals surface area contributed by atoms with Crippen LogP contribution in [0.3, 0.4) is 0 Å². The van der Waals surface area contributed by atoms with Crippen molar-refractivity contribution in [3.8, 4) is 17.0 Å². The molecule has 132 valence electrons. The van der Waals surface area contributed by atoms with Gasteiger partial charge in [-0.3, -0.25) is 0 Å². The van der Waals surface area contributed by atoms with Gasteiger partial charge >= 0.3 is 0 Å². The zero-order valence-electron chi connectivity index (χ0n) is 14.9. The van der Waals surface area contributed by atoms with Crippen LogP contribution in [0.2, 0.25) is 0 Å². The molecule has 2 aromatic carbocycles. The van der Waals surface area contributed by atoms with Gasteiger partial charge in [-0.2, -0.15) is 10.2 Å². The van der Waals surface area contributed by atoms with Gasteiger partial charge in [-0.1, -0.05) is 12.1 Å². The van der Waals surface area contributed by atoms with E-state index in [1.165, 1.54) is 0 Å². The van der Waals surface area contributed by atoms with E-state index in [2.05, 4.69) is 25.7 Å². The molecule has 0 bridgehead atoms. The molecule has 0 saturated heterocycles. The fourth-order valence-corrected chi connectivity index (χ4v) is 2.27. The van der Waals surface area contributed by atoms with Gasteiger partial charge in [0.2, 0.25) is 0 Å². The highest BCUT2D eigenvalue weighted by atomic mass is 16.5. The second-order valence-corrected chi connectivity index (χ2v) is 5.75. The molecule has 1 heterocycles. The average molecular weight is 348 g/mol. The lowest BCUT2D eigenvalue weighted by Crippen LogP contribution is -2.08. The molecule has 0 aliphatic heterocycles. The van der Waals surface area contributed by atoms with Crippen molar-refractivity contribution in [3.63, 3.8) is 0 Å². The van der Waals surface area contributed by atoms with Gasteiger partial charge in [0, 0.05) is 25.3 Å². The maximum atomic E-state index is 5.16. The van der Waals surface area contributed by atoms with E-state index >= 15 is 0 Å². The van der Waals surface area contributed by atoms with Crippen molar-refractivity contribution in [2.24, 2.45) is 5.10 Å². The smallest absolute Gasteiger partial charge is 0.263 e. The molecule has 0 fully saturated rings. The quantitative estimate of drug-likeness (QED) is 0.545. The third kappa shape index (κ3) is 4.32.